The number of rotatable bonds is 5. The molecule has 0 spiro atoms. The Kier molecular flexibility index (Phi) is 4.39. The summed E-state index contributed by atoms with van der Waals surface area (Å²) in [7, 11) is 0. The molecule has 0 atom stereocenters. The van der Waals surface area contributed by atoms with Gasteiger partial charge in [-0.1, -0.05) is 33.6 Å². The first-order chi connectivity index (χ1) is 9.70. The fourth-order valence-electron chi connectivity index (χ4n) is 2.11. The summed E-state index contributed by atoms with van der Waals surface area (Å²) in [5.74, 6) is 0. The predicted molar refractivity (Wildman–Crippen MR) is 92.1 cm³/mol. The Morgan fingerprint density at radius 3 is 2.95 bits per heavy atom. The van der Waals surface area contributed by atoms with Crippen LogP contribution in [0.3, 0.4) is 0 Å². The van der Waals surface area contributed by atoms with Gasteiger partial charge in [0.1, 0.15) is 0 Å². The summed E-state index contributed by atoms with van der Waals surface area (Å²) >= 11 is 5.38. The molecule has 20 heavy (non-hydrogen) atoms. The van der Waals surface area contributed by atoms with Crippen molar-refractivity contribution >= 4 is 33.3 Å². The molecule has 1 heterocycles. The molecule has 1 aromatic heterocycles. The van der Waals surface area contributed by atoms with E-state index in [0.29, 0.717) is 0 Å². The topological polar surface area (TPSA) is 12.0 Å². The maximum absolute atomic E-state index is 3.55. The number of nitrogens with one attached hydrogen (secondary N) is 1. The van der Waals surface area contributed by atoms with E-state index in [9.17, 15) is 0 Å². The van der Waals surface area contributed by atoms with E-state index < -0.39 is 0 Å². The van der Waals surface area contributed by atoms with Gasteiger partial charge in [-0.2, -0.15) is 0 Å². The van der Waals surface area contributed by atoms with Crippen molar-refractivity contribution in [3.8, 4) is 10.4 Å². The van der Waals surface area contributed by atoms with E-state index in [1.807, 2.05) is 11.3 Å². The Bertz CT molecular complexity index is 625. The van der Waals surface area contributed by atoms with Gasteiger partial charge in [0.2, 0.25) is 0 Å². The molecule has 0 aliphatic heterocycles. The van der Waals surface area contributed by atoms with Crippen molar-refractivity contribution in [2.24, 2.45) is 0 Å². The second kappa shape index (κ2) is 6.25. The van der Waals surface area contributed by atoms with Crippen LogP contribution in [0.1, 0.15) is 24.6 Å². The van der Waals surface area contributed by atoms with Crippen molar-refractivity contribution in [3.63, 3.8) is 0 Å². The molecule has 3 heteroatoms. The largest absolute Gasteiger partial charge is 0.310 e. The van der Waals surface area contributed by atoms with Gasteiger partial charge in [-0.15, -0.1) is 11.3 Å². The highest BCUT2D eigenvalue weighted by Gasteiger charge is 2.19. The van der Waals surface area contributed by atoms with E-state index in [-0.39, 0.29) is 0 Å². The molecule has 104 valence electrons. The molecule has 1 saturated carbocycles. The van der Waals surface area contributed by atoms with E-state index >= 15 is 0 Å². The van der Waals surface area contributed by atoms with Gasteiger partial charge in [-0.3, -0.25) is 0 Å². The van der Waals surface area contributed by atoms with Gasteiger partial charge in [-0.05, 0) is 55.7 Å². The Morgan fingerprint density at radius 1 is 1.35 bits per heavy atom. The van der Waals surface area contributed by atoms with E-state index in [0.717, 1.165) is 17.1 Å². The molecular weight excluding hydrogens is 330 g/mol. The minimum atomic E-state index is 0.777. The zero-order valence-corrected chi connectivity index (χ0v) is 13.9. The normalized spacial score (nSPS) is 15.6. The molecule has 1 fully saturated rings. The zero-order valence-electron chi connectivity index (χ0n) is 11.5. The van der Waals surface area contributed by atoms with Crippen LogP contribution in [0.4, 0.5) is 0 Å². The number of hydrogen-bond acceptors (Lipinski definition) is 2. The SMILES string of the molecule is CC(=Cc1ccc(-c2cccc(Br)c2)s1)CNC1CC1. The summed E-state index contributed by atoms with van der Waals surface area (Å²) in [6.07, 6.45) is 4.99. The van der Waals surface area contributed by atoms with Crippen molar-refractivity contribution in [2.45, 2.75) is 25.8 Å². The van der Waals surface area contributed by atoms with Crippen molar-refractivity contribution < 1.29 is 0 Å². The van der Waals surface area contributed by atoms with Crippen molar-refractivity contribution in [1.82, 2.24) is 5.32 Å². The summed E-state index contributed by atoms with van der Waals surface area (Å²) in [5, 5.41) is 3.55. The van der Waals surface area contributed by atoms with Gasteiger partial charge < -0.3 is 5.32 Å². The molecule has 0 bridgehead atoms. The third-order valence-corrected chi connectivity index (χ3v) is 4.95. The van der Waals surface area contributed by atoms with Gasteiger partial charge in [0.25, 0.3) is 0 Å². The van der Waals surface area contributed by atoms with E-state index in [1.165, 1.54) is 33.7 Å². The first kappa shape index (κ1) is 14.1. The van der Waals surface area contributed by atoms with Crippen LogP contribution in [0.5, 0.6) is 0 Å². The number of halogens is 1. The van der Waals surface area contributed by atoms with Gasteiger partial charge in [-0.25, -0.2) is 0 Å². The summed E-state index contributed by atoms with van der Waals surface area (Å²) in [6, 6.07) is 13.7. The second-order valence-corrected chi connectivity index (χ2v) is 7.39. The zero-order chi connectivity index (χ0) is 13.9. The molecule has 1 aromatic carbocycles. The van der Waals surface area contributed by atoms with E-state index in [2.05, 4.69) is 70.6 Å². The van der Waals surface area contributed by atoms with Gasteiger partial charge in [0, 0.05) is 26.8 Å². The Balaban J connectivity index is 1.70. The third-order valence-electron chi connectivity index (χ3n) is 3.37. The van der Waals surface area contributed by atoms with E-state index in [4.69, 9.17) is 0 Å². The molecule has 3 rings (SSSR count). The fourth-order valence-corrected chi connectivity index (χ4v) is 3.54. The minimum absolute atomic E-state index is 0.777. The Hall–Kier alpha value is -0.900. The number of benzene rings is 1. The maximum Gasteiger partial charge on any atom is 0.0349 e. The summed E-state index contributed by atoms with van der Waals surface area (Å²) < 4.78 is 1.13. The van der Waals surface area contributed by atoms with Crippen molar-refractivity contribution in [2.75, 3.05) is 6.54 Å². The lowest BCUT2D eigenvalue weighted by molar-refractivity contribution is 0.736. The molecule has 1 aliphatic rings. The quantitative estimate of drug-likeness (QED) is 0.770. The van der Waals surface area contributed by atoms with Crippen LogP contribution in [0.25, 0.3) is 16.5 Å². The molecule has 0 radical (unpaired) electrons. The monoisotopic (exact) mass is 347 g/mol. The van der Waals surface area contributed by atoms with Crippen LogP contribution in [-0.4, -0.2) is 12.6 Å². The van der Waals surface area contributed by atoms with Crippen LogP contribution >= 0.6 is 27.3 Å². The summed E-state index contributed by atoms with van der Waals surface area (Å²) in [6.45, 7) is 3.21. The molecule has 1 aliphatic carbocycles. The molecule has 0 amide bonds. The molecule has 2 aromatic rings. The molecular formula is C17H18BrNS. The summed E-state index contributed by atoms with van der Waals surface area (Å²) in [4.78, 5) is 2.65. The van der Waals surface area contributed by atoms with Crippen molar-refractivity contribution in [1.29, 1.82) is 0 Å². The first-order valence-electron chi connectivity index (χ1n) is 6.97. The number of thiophene rings is 1. The highest BCUT2D eigenvalue weighted by atomic mass is 79.9. The number of hydrogen-bond donors (Lipinski definition) is 1. The van der Waals surface area contributed by atoms with Gasteiger partial charge in [0.05, 0.1) is 0 Å². The maximum atomic E-state index is 3.55. The highest BCUT2D eigenvalue weighted by Crippen LogP contribution is 2.31. The molecule has 0 saturated heterocycles. The van der Waals surface area contributed by atoms with Gasteiger partial charge in [0.15, 0.2) is 0 Å². The van der Waals surface area contributed by atoms with Crippen LogP contribution in [0.2, 0.25) is 0 Å². The first-order valence-corrected chi connectivity index (χ1v) is 8.58. The molecule has 1 N–H and O–H groups in total. The van der Waals surface area contributed by atoms with E-state index in [1.54, 1.807) is 0 Å². The summed E-state index contributed by atoms with van der Waals surface area (Å²) in [5.41, 5.74) is 2.68. The van der Waals surface area contributed by atoms with Gasteiger partial charge >= 0.3 is 0 Å². The molecule has 1 nitrogen and oxygen atoms in total. The Morgan fingerprint density at radius 2 is 2.20 bits per heavy atom. The highest BCUT2D eigenvalue weighted by molar-refractivity contribution is 9.10. The standard InChI is InChI=1S/C17H18BrNS/c1-12(11-19-15-5-6-15)9-16-7-8-17(20-16)13-3-2-4-14(18)10-13/h2-4,7-10,15,19H,5-6,11H2,1H3. The van der Waals surface area contributed by atoms with Crippen LogP contribution in [0, 0.1) is 0 Å². The Labute approximate surface area is 132 Å². The lowest BCUT2D eigenvalue weighted by atomic mass is 10.2. The van der Waals surface area contributed by atoms with Crippen LogP contribution in [0.15, 0.2) is 46.4 Å². The minimum Gasteiger partial charge on any atom is -0.310 e. The smallest absolute Gasteiger partial charge is 0.0349 e. The second-order valence-electron chi connectivity index (χ2n) is 5.36. The molecule has 0 unspecified atom stereocenters. The predicted octanol–water partition coefficient (Wildman–Crippen LogP) is 5.33. The lowest BCUT2D eigenvalue weighted by Gasteiger charge is -2.02. The average Bonchev–Trinajstić information content (AvgIpc) is 3.15. The van der Waals surface area contributed by atoms with Crippen molar-refractivity contribution in [3.05, 3.63) is 51.3 Å². The average molecular weight is 348 g/mol. The lowest BCUT2D eigenvalue weighted by Crippen LogP contribution is -2.18. The van der Waals surface area contributed by atoms with Crippen LogP contribution < -0.4 is 5.32 Å². The van der Waals surface area contributed by atoms with Crippen LogP contribution in [-0.2, 0) is 0 Å². The third kappa shape index (κ3) is 3.81. The fraction of sp³-hybridized carbons (Fsp3) is 0.294.